The summed E-state index contributed by atoms with van der Waals surface area (Å²) in [5, 5.41) is 25.5. The van der Waals surface area contributed by atoms with Gasteiger partial charge in [0.1, 0.15) is 12.6 Å². The summed E-state index contributed by atoms with van der Waals surface area (Å²) in [6, 6.07) is 0. The SMILES string of the molecule is C=CCOP(=O)([O-])OCC(O)CO.C[N+](C)(C)CCO. The molecule has 0 rings (SSSR count). The first kappa shape index (κ1) is 22.0. The third-order valence-corrected chi connectivity index (χ3v) is 2.69. The van der Waals surface area contributed by atoms with E-state index in [1.54, 1.807) is 0 Å². The molecule has 0 heterocycles. The third-order valence-electron chi connectivity index (χ3n) is 1.76. The molecule has 0 radical (unpaired) electrons. The van der Waals surface area contributed by atoms with Crippen molar-refractivity contribution in [2.45, 2.75) is 6.10 Å². The maximum Gasteiger partial charge on any atom is 0.268 e. The number of hydrogen-bond acceptors (Lipinski definition) is 7. The first-order valence-corrected chi connectivity index (χ1v) is 7.45. The Morgan fingerprint density at radius 3 is 2.20 bits per heavy atom. The molecule has 3 N–H and O–H groups in total. The molecule has 8 nitrogen and oxygen atoms in total. The van der Waals surface area contributed by atoms with Crippen LogP contribution in [0.15, 0.2) is 12.7 Å². The highest BCUT2D eigenvalue weighted by atomic mass is 31.2. The Labute approximate surface area is 120 Å². The Balaban J connectivity index is 0. The number of nitrogens with zero attached hydrogens (tertiary/aromatic N) is 1. The zero-order valence-electron chi connectivity index (χ0n) is 12.3. The van der Waals surface area contributed by atoms with E-state index in [9.17, 15) is 9.46 Å². The van der Waals surface area contributed by atoms with Crippen LogP contribution in [0.25, 0.3) is 0 Å². The van der Waals surface area contributed by atoms with E-state index in [1.165, 1.54) is 6.08 Å². The quantitative estimate of drug-likeness (QED) is 0.275. The van der Waals surface area contributed by atoms with E-state index in [0.717, 1.165) is 11.0 Å². The van der Waals surface area contributed by atoms with Crippen molar-refractivity contribution in [2.24, 2.45) is 0 Å². The number of quaternary nitrogens is 1. The summed E-state index contributed by atoms with van der Waals surface area (Å²) in [6.07, 6.45) is 0.0192. The molecule has 0 aliphatic rings. The second-order valence-corrected chi connectivity index (χ2v) is 6.31. The fourth-order valence-electron chi connectivity index (χ4n) is 0.711. The van der Waals surface area contributed by atoms with Gasteiger partial charge >= 0.3 is 0 Å². The van der Waals surface area contributed by atoms with Gasteiger partial charge in [-0.15, -0.1) is 6.58 Å². The lowest BCUT2D eigenvalue weighted by Crippen LogP contribution is -2.36. The highest BCUT2D eigenvalue weighted by Gasteiger charge is 2.11. The molecule has 0 aromatic carbocycles. The predicted octanol–water partition coefficient (Wildman–Crippen LogP) is -1.29. The summed E-state index contributed by atoms with van der Waals surface area (Å²) < 4.78 is 20.0. The van der Waals surface area contributed by atoms with E-state index < -0.39 is 27.1 Å². The largest absolute Gasteiger partial charge is 0.756 e. The maximum atomic E-state index is 10.8. The minimum atomic E-state index is -4.37. The average molecular weight is 315 g/mol. The standard InChI is InChI=1S/C6H13O6P.C5H14NO/c1-2-3-11-13(9,10)12-5-6(8)4-7;1-6(2,3)4-5-7/h2,6-8H,1,3-5H2,(H,9,10);7H,4-5H2,1-3H3/q;+1/p-1. The van der Waals surface area contributed by atoms with Crippen molar-refractivity contribution in [3.05, 3.63) is 12.7 Å². The molecule has 0 saturated carbocycles. The molecule has 0 aliphatic carbocycles. The van der Waals surface area contributed by atoms with E-state index in [1.807, 2.05) is 0 Å². The zero-order chi connectivity index (χ0) is 16.2. The maximum absolute atomic E-state index is 10.8. The number of phosphoric acid groups is 1. The number of hydrogen-bond donors (Lipinski definition) is 3. The summed E-state index contributed by atoms with van der Waals surface area (Å²) in [6.45, 7) is 3.09. The lowest BCUT2D eigenvalue weighted by molar-refractivity contribution is -0.870. The van der Waals surface area contributed by atoms with Crippen molar-refractivity contribution in [1.29, 1.82) is 0 Å². The second kappa shape index (κ2) is 11.4. The number of aliphatic hydroxyl groups is 3. The summed E-state index contributed by atoms with van der Waals surface area (Å²) >= 11 is 0. The van der Waals surface area contributed by atoms with Gasteiger partial charge in [-0.1, -0.05) is 6.08 Å². The van der Waals surface area contributed by atoms with Gasteiger partial charge in [-0.2, -0.15) is 0 Å². The number of aliphatic hydroxyl groups excluding tert-OH is 3. The third kappa shape index (κ3) is 17.7. The molecule has 0 amide bonds. The monoisotopic (exact) mass is 315 g/mol. The fourth-order valence-corrected chi connectivity index (χ4v) is 1.43. The molecule has 0 spiro atoms. The summed E-state index contributed by atoms with van der Waals surface area (Å²) in [5.41, 5.74) is 0. The summed E-state index contributed by atoms with van der Waals surface area (Å²) in [4.78, 5) is 10.8. The van der Waals surface area contributed by atoms with Crippen LogP contribution < -0.4 is 4.89 Å². The lowest BCUT2D eigenvalue weighted by atomic mass is 10.4. The van der Waals surface area contributed by atoms with Crippen molar-refractivity contribution >= 4 is 7.82 Å². The lowest BCUT2D eigenvalue weighted by Gasteiger charge is -2.22. The molecular formula is C11H26NO7P. The Bertz CT molecular complexity index is 293. The van der Waals surface area contributed by atoms with Gasteiger partial charge in [0.05, 0.1) is 47.6 Å². The number of rotatable bonds is 9. The van der Waals surface area contributed by atoms with Crippen LogP contribution in [0.4, 0.5) is 0 Å². The molecule has 0 aromatic heterocycles. The highest BCUT2D eigenvalue weighted by molar-refractivity contribution is 7.45. The Hall–Kier alpha value is -0.310. The van der Waals surface area contributed by atoms with Crippen LogP contribution in [0.5, 0.6) is 0 Å². The summed E-state index contributed by atoms with van der Waals surface area (Å²) in [7, 11) is 1.79. The zero-order valence-corrected chi connectivity index (χ0v) is 13.2. The average Bonchev–Trinajstić information content (AvgIpc) is 2.33. The smallest absolute Gasteiger partial charge is 0.268 e. The Morgan fingerprint density at radius 2 is 1.90 bits per heavy atom. The van der Waals surface area contributed by atoms with E-state index >= 15 is 0 Å². The van der Waals surface area contributed by atoms with Crippen molar-refractivity contribution in [2.75, 3.05) is 54.1 Å². The molecule has 20 heavy (non-hydrogen) atoms. The normalized spacial score (nSPS) is 15.8. The van der Waals surface area contributed by atoms with Crippen LogP contribution >= 0.6 is 7.82 Å². The highest BCUT2D eigenvalue weighted by Crippen LogP contribution is 2.37. The molecular weight excluding hydrogens is 289 g/mol. The summed E-state index contributed by atoms with van der Waals surface area (Å²) in [5.74, 6) is 0. The van der Waals surface area contributed by atoms with Gasteiger partial charge in [-0.25, -0.2) is 0 Å². The van der Waals surface area contributed by atoms with Gasteiger partial charge in [0, 0.05) is 0 Å². The molecule has 0 aromatic rings. The van der Waals surface area contributed by atoms with Gasteiger partial charge < -0.3 is 33.7 Å². The van der Waals surface area contributed by atoms with E-state index in [0.29, 0.717) is 0 Å². The molecule has 122 valence electrons. The first-order chi connectivity index (χ1) is 9.08. The molecule has 0 saturated heterocycles. The van der Waals surface area contributed by atoms with Gasteiger partial charge in [-0.3, -0.25) is 4.57 Å². The predicted molar refractivity (Wildman–Crippen MR) is 72.8 cm³/mol. The minimum absolute atomic E-state index is 0.185. The van der Waals surface area contributed by atoms with Crippen molar-refractivity contribution in [3.8, 4) is 0 Å². The van der Waals surface area contributed by atoms with E-state index in [2.05, 4.69) is 36.8 Å². The molecule has 2 atom stereocenters. The topological polar surface area (TPSA) is 119 Å². The van der Waals surface area contributed by atoms with Crippen LogP contribution in [0.3, 0.4) is 0 Å². The molecule has 0 aliphatic heterocycles. The minimum Gasteiger partial charge on any atom is -0.756 e. The van der Waals surface area contributed by atoms with Crippen LogP contribution in [0.1, 0.15) is 0 Å². The molecule has 9 heteroatoms. The van der Waals surface area contributed by atoms with Gasteiger partial charge in [0.2, 0.25) is 0 Å². The molecule has 0 fully saturated rings. The first-order valence-electron chi connectivity index (χ1n) is 5.99. The van der Waals surface area contributed by atoms with E-state index in [-0.39, 0.29) is 13.2 Å². The van der Waals surface area contributed by atoms with Crippen LogP contribution in [-0.2, 0) is 13.6 Å². The fraction of sp³-hybridized carbons (Fsp3) is 0.818. The van der Waals surface area contributed by atoms with Gasteiger partial charge in [0.25, 0.3) is 7.82 Å². The second-order valence-electron chi connectivity index (χ2n) is 4.90. The molecule has 2 unspecified atom stereocenters. The molecule has 0 bridgehead atoms. The number of likely N-dealkylation sites (N-methyl/N-ethyl adjacent to an activating group) is 1. The Kier molecular flexibility index (Phi) is 12.5. The van der Waals surface area contributed by atoms with Crippen LogP contribution in [-0.4, -0.2) is 80.0 Å². The van der Waals surface area contributed by atoms with Crippen molar-refractivity contribution in [1.82, 2.24) is 0 Å². The van der Waals surface area contributed by atoms with Crippen LogP contribution in [0, 0.1) is 0 Å². The number of phosphoric ester groups is 1. The van der Waals surface area contributed by atoms with E-state index in [4.69, 9.17) is 15.3 Å². The van der Waals surface area contributed by atoms with Gasteiger partial charge in [0.15, 0.2) is 0 Å². The van der Waals surface area contributed by atoms with Gasteiger partial charge in [-0.05, 0) is 0 Å². The van der Waals surface area contributed by atoms with Crippen LogP contribution in [0.2, 0.25) is 0 Å². The Morgan fingerprint density at radius 1 is 1.35 bits per heavy atom. The van der Waals surface area contributed by atoms with Crippen molar-refractivity contribution in [3.63, 3.8) is 0 Å². The van der Waals surface area contributed by atoms with Crippen molar-refractivity contribution < 1.29 is 38.3 Å².